The summed E-state index contributed by atoms with van der Waals surface area (Å²) in [5, 5.41) is 9.03. The zero-order valence-corrected chi connectivity index (χ0v) is 12.7. The molecule has 0 atom stereocenters. The predicted octanol–water partition coefficient (Wildman–Crippen LogP) is 1.06. The van der Waals surface area contributed by atoms with Crippen LogP contribution in [0, 0.1) is 0 Å². The molecule has 0 aliphatic rings. The van der Waals surface area contributed by atoms with Gasteiger partial charge in [0.1, 0.15) is 5.75 Å². The second kappa shape index (κ2) is 7.09. The number of carbonyl (C=O) groups is 1. The van der Waals surface area contributed by atoms with E-state index in [0.29, 0.717) is 11.7 Å². The van der Waals surface area contributed by atoms with Gasteiger partial charge in [-0.05, 0) is 31.2 Å². The molecule has 1 aromatic carbocycles. The van der Waals surface area contributed by atoms with Gasteiger partial charge in [0.2, 0.25) is 5.91 Å². The lowest BCUT2D eigenvalue weighted by Crippen LogP contribution is -2.31. The molecular formula is C13H17N5O2S. The number of nitrogens with two attached hydrogens (primary N) is 1. The molecule has 0 spiro atoms. The van der Waals surface area contributed by atoms with Crippen molar-refractivity contribution in [3.05, 3.63) is 24.3 Å². The number of nitrogens with one attached hydrogen (secondary N) is 1. The van der Waals surface area contributed by atoms with Gasteiger partial charge in [0.25, 0.3) is 0 Å². The molecule has 1 heterocycles. The summed E-state index contributed by atoms with van der Waals surface area (Å²) in [5.41, 5.74) is 3.04. The van der Waals surface area contributed by atoms with Crippen molar-refractivity contribution < 1.29 is 9.53 Å². The Morgan fingerprint density at radius 2 is 2.10 bits per heavy atom. The zero-order chi connectivity index (χ0) is 15.2. The number of hydrazine groups is 1. The first-order valence-corrected chi connectivity index (χ1v) is 7.38. The van der Waals surface area contributed by atoms with E-state index >= 15 is 0 Å². The Balaban J connectivity index is 2.23. The normalized spacial score (nSPS) is 10.4. The Hall–Kier alpha value is -2.06. The van der Waals surface area contributed by atoms with E-state index in [0.717, 1.165) is 17.1 Å². The minimum atomic E-state index is -0.253. The van der Waals surface area contributed by atoms with Crippen LogP contribution in [0.2, 0.25) is 0 Å². The molecule has 21 heavy (non-hydrogen) atoms. The van der Waals surface area contributed by atoms with Crippen molar-refractivity contribution >= 4 is 17.7 Å². The number of rotatable bonds is 6. The first-order chi connectivity index (χ1) is 10.2. The van der Waals surface area contributed by atoms with Crippen LogP contribution in [0.1, 0.15) is 6.92 Å². The highest BCUT2D eigenvalue weighted by atomic mass is 32.2. The van der Waals surface area contributed by atoms with Crippen LogP contribution in [0.25, 0.3) is 11.4 Å². The Kier molecular flexibility index (Phi) is 5.18. The second-order valence-electron chi connectivity index (χ2n) is 4.14. The third-order valence-corrected chi connectivity index (χ3v) is 3.84. The molecule has 0 aliphatic heterocycles. The maximum absolute atomic E-state index is 11.2. The average molecular weight is 307 g/mol. The molecule has 2 rings (SSSR count). The van der Waals surface area contributed by atoms with E-state index in [4.69, 9.17) is 10.6 Å². The van der Waals surface area contributed by atoms with Gasteiger partial charge in [-0.1, -0.05) is 11.8 Å². The molecule has 0 saturated heterocycles. The number of ether oxygens (including phenoxy) is 1. The summed E-state index contributed by atoms with van der Waals surface area (Å²) in [6.45, 7) is 2.71. The molecule has 0 saturated carbocycles. The highest BCUT2D eigenvalue weighted by Gasteiger charge is 2.14. The summed E-state index contributed by atoms with van der Waals surface area (Å²) in [7, 11) is 1.63. The van der Waals surface area contributed by atoms with E-state index in [2.05, 4.69) is 15.6 Å². The van der Waals surface area contributed by atoms with E-state index in [1.54, 1.807) is 7.11 Å². The highest BCUT2D eigenvalue weighted by Crippen LogP contribution is 2.25. The summed E-state index contributed by atoms with van der Waals surface area (Å²) in [4.78, 5) is 11.2. The van der Waals surface area contributed by atoms with Gasteiger partial charge in [0, 0.05) is 12.1 Å². The van der Waals surface area contributed by atoms with Crippen LogP contribution in [-0.2, 0) is 11.3 Å². The number of nitrogens with zero attached hydrogens (tertiary/aromatic N) is 3. The van der Waals surface area contributed by atoms with Gasteiger partial charge < -0.3 is 9.30 Å². The lowest BCUT2D eigenvalue weighted by Gasteiger charge is -2.07. The van der Waals surface area contributed by atoms with Crippen LogP contribution in [0.3, 0.4) is 0 Å². The Morgan fingerprint density at radius 1 is 1.38 bits per heavy atom. The number of amides is 1. The van der Waals surface area contributed by atoms with Crippen LogP contribution in [0.4, 0.5) is 0 Å². The van der Waals surface area contributed by atoms with Gasteiger partial charge in [0.15, 0.2) is 11.0 Å². The minimum Gasteiger partial charge on any atom is -0.497 e. The van der Waals surface area contributed by atoms with Crippen molar-refractivity contribution in [2.24, 2.45) is 5.84 Å². The molecule has 0 radical (unpaired) electrons. The molecule has 112 valence electrons. The molecule has 2 aromatic rings. The quantitative estimate of drug-likeness (QED) is 0.358. The van der Waals surface area contributed by atoms with E-state index in [-0.39, 0.29) is 11.7 Å². The topological polar surface area (TPSA) is 95.1 Å². The fraction of sp³-hybridized carbons (Fsp3) is 0.308. The van der Waals surface area contributed by atoms with E-state index < -0.39 is 0 Å². The van der Waals surface area contributed by atoms with Crippen LogP contribution in [0.5, 0.6) is 5.75 Å². The molecule has 8 heteroatoms. The summed E-state index contributed by atoms with van der Waals surface area (Å²) in [6.07, 6.45) is 0. The Morgan fingerprint density at radius 3 is 2.67 bits per heavy atom. The third kappa shape index (κ3) is 3.53. The Labute approximate surface area is 126 Å². The third-order valence-electron chi connectivity index (χ3n) is 2.87. The zero-order valence-electron chi connectivity index (χ0n) is 11.9. The summed E-state index contributed by atoms with van der Waals surface area (Å²) in [5.74, 6) is 6.56. The highest BCUT2D eigenvalue weighted by molar-refractivity contribution is 7.99. The second-order valence-corrected chi connectivity index (χ2v) is 5.08. The summed E-state index contributed by atoms with van der Waals surface area (Å²) < 4.78 is 7.10. The predicted molar refractivity (Wildman–Crippen MR) is 80.7 cm³/mol. The van der Waals surface area contributed by atoms with Crippen LogP contribution in [0.15, 0.2) is 29.4 Å². The van der Waals surface area contributed by atoms with Crippen molar-refractivity contribution in [1.29, 1.82) is 0 Å². The van der Waals surface area contributed by atoms with Gasteiger partial charge in [0.05, 0.1) is 12.9 Å². The summed E-state index contributed by atoms with van der Waals surface area (Å²) >= 11 is 1.30. The number of benzene rings is 1. The molecule has 0 unspecified atom stereocenters. The SMILES string of the molecule is CCn1c(SCC(=O)NN)nnc1-c1ccc(OC)cc1. The maximum atomic E-state index is 11.2. The lowest BCUT2D eigenvalue weighted by molar-refractivity contribution is -0.118. The minimum absolute atomic E-state index is 0.206. The molecule has 0 fully saturated rings. The molecule has 1 aromatic heterocycles. The fourth-order valence-corrected chi connectivity index (χ4v) is 2.62. The number of hydrogen-bond donors (Lipinski definition) is 2. The number of aromatic nitrogens is 3. The Bertz CT molecular complexity index is 612. The molecule has 1 amide bonds. The van der Waals surface area contributed by atoms with Crippen molar-refractivity contribution in [3.63, 3.8) is 0 Å². The first kappa shape index (κ1) is 15.3. The van der Waals surface area contributed by atoms with Crippen LogP contribution >= 0.6 is 11.8 Å². The molecule has 7 nitrogen and oxygen atoms in total. The van der Waals surface area contributed by atoms with Crippen molar-refractivity contribution in [2.75, 3.05) is 12.9 Å². The van der Waals surface area contributed by atoms with Gasteiger partial charge in [-0.2, -0.15) is 0 Å². The van der Waals surface area contributed by atoms with Gasteiger partial charge in [-0.3, -0.25) is 10.2 Å². The van der Waals surface area contributed by atoms with Gasteiger partial charge in [-0.15, -0.1) is 10.2 Å². The standard InChI is InChI=1S/C13H17N5O2S/c1-3-18-12(9-4-6-10(20-2)7-5-9)16-17-13(18)21-8-11(19)15-14/h4-7H,3,8,14H2,1-2H3,(H,15,19). The smallest absolute Gasteiger partial charge is 0.244 e. The molecular weight excluding hydrogens is 290 g/mol. The number of thioether (sulfide) groups is 1. The number of methoxy groups -OCH3 is 1. The number of carbonyl (C=O) groups excluding carboxylic acids is 1. The number of hydrogen-bond acceptors (Lipinski definition) is 6. The lowest BCUT2D eigenvalue weighted by atomic mass is 10.2. The summed E-state index contributed by atoms with van der Waals surface area (Å²) in [6, 6.07) is 7.60. The van der Waals surface area contributed by atoms with E-state index in [9.17, 15) is 4.79 Å². The van der Waals surface area contributed by atoms with E-state index in [1.165, 1.54) is 11.8 Å². The van der Waals surface area contributed by atoms with E-state index in [1.807, 2.05) is 35.8 Å². The van der Waals surface area contributed by atoms with Crippen LogP contribution < -0.4 is 16.0 Å². The molecule has 3 N–H and O–H groups in total. The average Bonchev–Trinajstić information content (AvgIpc) is 2.95. The maximum Gasteiger partial charge on any atom is 0.244 e. The van der Waals surface area contributed by atoms with Crippen molar-refractivity contribution in [1.82, 2.24) is 20.2 Å². The van der Waals surface area contributed by atoms with Crippen molar-refractivity contribution in [2.45, 2.75) is 18.6 Å². The monoisotopic (exact) mass is 307 g/mol. The molecule has 0 bridgehead atoms. The van der Waals surface area contributed by atoms with Crippen molar-refractivity contribution in [3.8, 4) is 17.1 Å². The largest absolute Gasteiger partial charge is 0.497 e. The molecule has 0 aliphatic carbocycles. The van der Waals surface area contributed by atoms with Crippen LogP contribution in [-0.4, -0.2) is 33.5 Å². The van der Waals surface area contributed by atoms with Gasteiger partial charge >= 0.3 is 0 Å². The van der Waals surface area contributed by atoms with Gasteiger partial charge in [-0.25, -0.2) is 5.84 Å². The first-order valence-electron chi connectivity index (χ1n) is 6.39. The fourth-order valence-electron chi connectivity index (χ4n) is 1.81.